The second kappa shape index (κ2) is 7.02. The number of halogens is 1. The van der Waals surface area contributed by atoms with Gasteiger partial charge in [-0.25, -0.2) is 9.37 Å². The second-order valence-corrected chi connectivity index (χ2v) is 6.71. The molecule has 1 fully saturated rings. The number of nitrogens with zero attached hydrogens (tertiary/aromatic N) is 2. The third-order valence-electron chi connectivity index (χ3n) is 4.75. The number of pyridine rings is 1. The Morgan fingerprint density at radius 3 is 2.69 bits per heavy atom. The van der Waals surface area contributed by atoms with Crippen LogP contribution in [0.4, 0.5) is 10.2 Å². The summed E-state index contributed by atoms with van der Waals surface area (Å²) in [6.07, 6.45) is -0.169. The zero-order valence-electron chi connectivity index (χ0n) is 14.6. The van der Waals surface area contributed by atoms with E-state index in [0.29, 0.717) is 13.1 Å². The van der Waals surface area contributed by atoms with Crippen LogP contribution in [-0.4, -0.2) is 29.3 Å². The number of hydrogen-bond acceptors (Lipinski definition) is 4. The topological polar surface area (TPSA) is 45.6 Å². The van der Waals surface area contributed by atoms with E-state index in [4.69, 9.17) is 9.72 Å². The van der Waals surface area contributed by atoms with E-state index in [9.17, 15) is 9.50 Å². The molecule has 2 aromatic carbocycles. The number of rotatable bonds is 3. The van der Waals surface area contributed by atoms with Gasteiger partial charge in [-0.1, -0.05) is 30.3 Å². The van der Waals surface area contributed by atoms with Gasteiger partial charge in [-0.05, 0) is 36.8 Å². The molecule has 1 saturated heterocycles. The summed E-state index contributed by atoms with van der Waals surface area (Å²) in [7, 11) is 0. The Morgan fingerprint density at radius 1 is 1.15 bits per heavy atom. The van der Waals surface area contributed by atoms with E-state index in [1.165, 1.54) is 12.1 Å². The van der Waals surface area contributed by atoms with Crippen LogP contribution in [0.5, 0.6) is 0 Å². The normalized spacial score (nSPS) is 20.5. The minimum absolute atomic E-state index is 0.00128. The number of morpholine rings is 1. The van der Waals surface area contributed by atoms with Crippen molar-refractivity contribution in [2.24, 2.45) is 0 Å². The van der Waals surface area contributed by atoms with Crippen molar-refractivity contribution in [2.75, 3.05) is 18.0 Å². The van der Waals surface area contributed by atoms with Crippen molar-refractivity contribution in [3.8, 4) is 0 Å². The molecule has 0 amide bonds. The fourth-order valence-electron chi connectivity index (χ4n) is 3.53. The Kier molecular flexibility index (Phi) is 4.57. The maximum atomic E-state index is 13.2. The largest absolute Gasteiger partial charge is 0.392 e. The number of fused-ring (bicyclic) bond motifs is 1. The van der Waals surface area contributed by atoms with Crippen LogP contribution < -0.4 is 4.90 Å². The van der Waals surface area contributed by atoms with Crippen LogP contribution in [0, 0.1) is 5.82 Å². The lowest BCUT2D eigenvalue weighted by atomic mass is 10.1. The summed E-state index contributed by atoms with van der Waals surface area (Å²) in [5.74, 6) is 0.529. The van der Waals surface area contributed by atoms with Crippen LogP contribution >= 0.6 is 0 Å². The minimum atomic E-state index is -0.256. The molecule has 1 N–H and O–H groups in total. The molecular weight excluding hydrogens is 331 g/mol. The molecule has 3 aromatic rings. The first-order chi connectivity index (χ1) is 12.6. The van der Waals surface area contributed by atoms with E-state index in [2.05, 4.69) is 4.90 Å². The fraction of sp³-hybridized carbons (Fsp3) is 0.286. The van der Waals surface area contributed by atoms with Gasteiger partial charge in [0.2, 0.25) is 0 Å². The number of aromatic nitrogens is 1. The number of ether oxygens (including phenoxy) is 1. The zero-order chi connectivity index (χ0) is 18.1. The van der Waals surface area contributed by atoms with Crippen molar-refractivity contribution < 1.29 is 14.2 Å². The van der Waals surface area contributed by atoms with Gasteiger partial charge < -0.3 is 14.7 Å². The van der Waals surface area contributed by atoms with E-state index in [0.717, 1.165) is 27.8 Å². The lowest BCUT2D eigenvalue weighted by Crippen LogP contribution is -2.43. The molecule has 4 rings (SSSR count). The molecule has 0 aliphatic carbocycles. The van der Waals surface area contributed by atoms with Crippen LogP contribution in [0.1, 0.15) is 24.2 Å². The van der Waals surface area contributed by atoms with E-state index in [1.54, 1.807) is 12.1 Å². The second-order valence-electron chi connectivity index (χ2n) is 6.71. The standard InChI is InChI=1S/C21H21FN2O2/c1-14-11-24(12-20(26-14)15-6-8-18(22)9-7-15)21-17(13-25)10-16-4-2-3-5-19(16)23-21/h2-10,14,20,25H,11-13H2,1H3. The minimum Gasteiger partial charge on any atom is -0.392 e. The molecule has 0 spiro atoms. The van der Waals surface area contributed by atoms with Crippen molar-refractivity contribution in [1.82, 2.24) is 4.98 Å². The van der Waals surface area contributed by atoms with E-state index in [1.807, 2.05) is 37.3 Å². The Morgan fingerprint density at radius 2 is 1.92 bits per heavy atom. The maximum absolute atomic E-state index is 13.2. The summed E-state index contributed by atoms with van der Waals surface area (Å²) in [5, 5.41) is 10.9. The Labute approximate surface area is 151 Å². The lowest BCUT2D eigenvalue weighted by Gasteiger charge is -2.38. The number of benzene rings is 2. The average molecular weight is 352 g/mol. The SMILES string of the molecule is CC1CN(c2nc3ccccc3cc2CO)CC(c2ccc(F)cc2)O1. The molecule has 1 aromatic heterocycles. The fourth-order valence-corrected chi connectivity index (χ4v) is 3.53. The highest BCUT2D eigenvalue weighted by Crippen LogP contribution is 2.31. The van der Waals surface area contributed by atoms with Gasteiger partial charge in [0.05, 0.1) is 18.2 Å². The highest BCUT2D eigenvalue weighted by Gasteiger charge is 2.28. The van der Waals surface area contributed by atoms with Gasteiger partial charge in [0, 0.05) is 24.0 Å². The first-order valence-electron chi connectivity index (χ1n) is 8.79. The molecule has 0 saturated carbocycles. The van der Waals surface area contributed by atoms with Crippen LogP contribution in [-0.2, 0) is 11.3 Å². The monoisotopic (exact) mass is 352 g/mol. The number of hydrogen-bond donors (Lipinski definition) is 1. The van der Waals surface area contributed by atoms with Crippen LogP contribution in [0.15, 0.2) is 54.6 Å². The van der Waals surface area contributed by atoms with Gasteiger partial charge in [0.15, 0.2) is 0 Å². The quantitative estimate of drug-likeness (QED) is 0.778. The summed E-state index contributed by atoms with van der Waals surface area (Å²) < 4.78 is 19.3. The van der Waals surface area contributed by atoms with Crippen LogP contribution in [0.25, 0.3) is 10.9 Å². The van der Waals surface area contributed by atoms with E-state index >= 15 is 0 Å². The average Bonchev–Trinajstić information content (AvgIpc) is 2.67. The summed E-state index contributed by atoms with van der Waals surface area (Å²) >= 11 is 0. The summed E-state index contributed by atoms with van der Waals surface area (Å²) in [5.41, 5.74) is 2.64. The third-order valence-corrected chi connectivity index (χ3v) is 4.75. The molecule has 5 heteroatoms. The first-order valence-corrected chi connectivity index (χ1v) is 8.79. The van der Waals surface area contributed by atoms with E-state index < -0.39 is 0 Å². The lowest BCUT2D eigenvalue weighted by molar-refractivity contribution is -0.0177. The summed E-state index contributed by atoms with van der Waals surface area (Å²) in [4.78, 5) is 6.95. The molecule has 1 aliphatic heterocycles. The van der Waals surface area contributed by atoms with Gasteiger partial charge >= 0.3 is 0 Å². The Bertz CT molecular complexity index is 914. The van der Waals surface area contributed by atoms with Gasteiger partial charge in [-0.2, -0.15) is 0 Å². The molecule has 2 unspecified atom stereocenters. The predicted molar refractivity (Wildman–Crippen MR) is 99.6 cm³/mol. The van der Waals surface area contributed by atoms with Crippen molar-refractivity contribution >= 4 is 16.7 Å². The third kappa shape index (κ3) is 3.28. The van der Waals surface area contributed by atoms with Crippen LogP contribution in [0.3, 0.4) is 0 Å². The summed E-state index contributed by atoms with van der Waals surface area (Å²) in [6.45, 7) is 3.24. The van der Waals surface area contributed by atoms with Crippen molar-refractivity contribution in [1.29, 1.82) is 0 Å². The molecule has 2 heterocycles. The zero-order valence-corrected chi connectivity index (χ0v) is 14.6. The molecule has 4 nitrogen and oxygen atoms in total. The molecule has 0 radical (unpaired) electrons. The van der Waals surface area contributed by atoms with Crippen LogP contribution in [0.2, 0.25) is 0 Å². The van der Waals surface area contributed by atoms with Crippen molar-refractivity contribution in [3.63, 3.8) is 0 Å². The van der Waals surface area contributed by atoms with Gasteiger partial charge in [-0.3, -0.25) is 0 Å². The number of aliphatic hydroxyl groups excluding tert-OH is 1. The van der Waals surface area contributed by atoms with Gasteiger partial charge in [-0.15, -0.1) is 0 Å². The molecule has 134 valence electrons. The molecule has 1 aliphatic rings. The summed E-state index contributed by atoms with van der Waals surface area (Å²) in [6, 6.07) is 16.3. The van der Waals surface area contributed by atoms with Crippen molar-refractivity contribution in [3.05, 3.63) is 71.5 Å². The Balaban J connectivity index is 1.70. The maximum Gasteiger partial charge on any atom is 0.135 e. The predicted octanol–water partition coefficient (Wildman–Crippen LogP) is 3.83. The van der Waals surface area contributed by atoms with Gasteiger partial charge in [0.25, 0.3) is 0 Å². The number of para-hydroxylation sites is 1. The molecule has 2 atom stereocenters. The number of anilines is 1. The molecule has 26 heavy (non-hydrogen) atoms. The number of aliphatic hydroxyl groups is 1. The highest BCUT2D eigenvalue weighted by atomic mass is 19.1. The Hall–Kier alpha value is -2.50. The highest BCUT2D eigenvalue weighted by molar-refractivity contribution is 5.81. The van der Waals surface area contributed by atoms with E-state index in [-0.39, 0.29) is 24.6 Å². The van der Waals surface area contributed by atoms with Gasteiger partial charge in [0.1, 0.15) is 17.7 Å². The molecular formula is C21H21FN2O2. The molecule has 0 bridgehead atoms. The first kappa shape index (κ1) is 16.9. The van der Waals surface area contributed by atoms with Crippen molar-refractivity contribution in [2.45, 2.75) is 25.7 Å². The smallest absolute Gasteiger partial charge is 0.135 e.